The number of halogens is 1. The van der Waals surface area contributed by atoms with Crippen molar-refractivity contribution in [3.05, 3.63) is 23.5 Å². The van der Waals surface area contributed by atoms with Gasteiger partial charge in [-0.15, -0.1) is 0 Å². The largest absolute Gasteiger partial charge is 0.480 e. The molecule has 0 amide bonds. The van der Waals surface area contributed by atoms with E-state index >= 15 is 0 Å². The summed E-state index contributed by atoms with van der Waals surface area (Å²) in [6.07, 6.45) is 2.99. The first kappa shape index (κ1) is 11.5. The second-order valence-electron chi connectivity index (χ2n) is 3.04. The van der Waals surface area contributed by atoms with E-state index in [9.17, 15) is 0 Å². The molecule has 0 saturated heterocycles. The van der Waals surface area contributed by atoms with Crippen molar-refractivity contribution < 1.29 is 9.47 Å². The van der Waals surface area contributed by atoms with Crippen LogP contribution in [0.2, 0.25) is 5.02 Å². The monoisotopic (exact) mass is 252 g/mol. The van der Waals surface area contributed by atoms with Crippen LogP contribution < -0.4 is 9.47 Å². The van der Waals surface area contributed by atoms with Crippen LogP contribution in [0.1, 0.15) is 0 Å². The number of methoxy groups -OCH3 is 2. The molecule has 0 aliphatic rings. The molecule has 0 saturated carbocycles. The maximum absolute atomic E-state index is 5.84. The topological polar surface area (TPSA) is 70.0 Å². The number of aromatic nitrogens is 4. The average Bonchev–Trinajstić information content (AvgIpc) is 2.38. The molecule has 2 aromatic rings. The first-order valence-corrected chi connectivity index (χ1v) is 5.06. The Bertz CT molecular complexity index is 535. The molecule has 0 aliphatic heterocycles. The zero-order valence-corrected chi connectivity index (χ0v) is 9.97. The lowest BCUT2D eigenvalue weighted by Gasteiger charge is -2.07. The third-order valence-corrected chi connectivity index (χ3v) is 2.21. The van der Waals surface area contributed by atoms with Crippen molar-refractivity contribution in [1.29, 1.82) is 0 Å². The van der Waals surface area contributed by atoms with Crippen molar-refractivity contribution in [3.63, 3.8) is 0 Å². The summed E-state index contributed by atoms with van der Waals surface area (Å²) >= 11 is 5.84. The predicted octanol–water partition coefficient (Wildman–Crippen LogP) is 1.60. The smallest absolute Gasteiger partial charge is 0.319 e. The fourth-order valence-electron chi connectivity index (χ4n) is 1.26. The normalized spacial score (nSPS) is 10.1. The van der Waals surface area contributed by atoms with E-state index in [1.807, 2.05) is 0 Å². The van der Waals surface area contributed by atoms with Crippen LogP contribution in [0.15, 0.2) is 18.5 Å². The van der Waals surface area contributed by atoms with Gasteiger partial charge in [-0.1, -0.05) is 11.6 Å². The Hall–Kier alpha value is -1.95. The molecule has 6 nitrogen and oxygen atoms in total. The molecule has 17 heavy (non-hydrogen) atoms. The van der Waals surface area contributed by atoms with Gasteiger partial charge in [0.2, 0.25) is 5.88 Å². The minimum absolute atomic E-state index is 0.223. The molecule has 0 unspecified atom stereocenters. The highest BCUT2D eigenvalue weighted by molar-refractivity contribution is 6.30. The van der Waals surface area contributed by atoms with Crippen LogP contribution in [0.4, 0.5) is 0 Å². The van der Waals surface area contributed by atoms with Gasteiger partial charge in [-0.25, -0.2) is 4.98 Å². The van der Waals surface area contributed by atoms with Gasteiger partial charge in [0.15, 0.2) is 0 Å². The van der Waals surface area contributed by atoms with Gasteiger partial charge in [0.1, 0.15) is 5.69 Å². The predicted molar refractivity (Wildman–Crippen MR) is 61.2 cm³/mol. The molecule has 0 N–H and O–H groups in total. The van der Waals surface area contributed by atoms with Gasteiger partial charge in [0.25, 0.3) is 0 Å². The molecule has 2 heterocycles. The van der Waals surface area contributed by atoms with E-state index < -0.39 is 0 Å². The first-order valence-electron chi connectivity index (χ1n) is 4.68. The van der Waals surface area contributed by atoms with Crippen LogP contribution in [0.25, 0.3) is 11.3 Å². The number of nitrogens with zero attached hydrogens (tertiary/aromatic N) is 4. The fraction of sp³-hybridized carbons (Fsp3) is 0.200. The highest BCUT2D eigenvalue weighted by atomic mass is 35.5. The standard InChI is InChI=1S/C10H9ClN4O2/c1-16-9-7(5-12-10(14-9)17-2)8-3-6(11)4-13-15-8/h3-5H,1-2H3. The summed E-state index contributed by atoms with van der Waals surface area (Å²) in [6, 6.07) is 1.88. The number of hydrogen-bond acceptors (Lipinski definition) is 6. The molecule has 0 fully saturated rings. The Morgan fingerprint density at radius 1 is 1.18 bits per heavy atom. The highest BCUT2D eigenvalue weighted by Crippen LogP contribution is 2.27. The average molecular weight is 253 g/mol. The van der Waals surface area contributed by atoms with E-state index in [1.54, 1.807) is 12.3 Å². The van der Waals surface area contributed by atoms with E-state index in [4.69, 9.17) is 21.1 Å². The van der Waals surface area contributed by atoms with E-state index in [0.29, 0.717) is 22.2 Å². The molecule has 2 aromatic heterocycles. The van der Waals surface area contributed by atoms with Crippen molar-refractivity contribution in [2.75, 3.05) is 14.2 Å². The SMILES string of the molecule is COc1ncc(-c2cc(Cl)cnn2)c(OC)n1. The van der Waals surface area contributed by atoms with Gasteiger partial charge in [-0.3, -0.25) is 0 Å². The summed E-state index contributed by atoms with van der Waals surface area (Å²) in [6.45, 7) is 0. The van der Waals surface area contributed by atoms with E-state index in [2.05, 4.69) is 20.2 Å². The third kappa shape index (κ3) is 2.42. The Morgan fingerprint density at radius 2 is 2.00 bits per heavy atom. The minimum Gasteiger partial charge on any atom is -0.480 e. The Balaban J connectivity index is 2.51. The van der Waals surface area contributed by atoms with E-state index in [-0.39, 0.29) is 6.01 Å². The molecule has 88 valence electrons. The van der Waals surface area contributed by atoms with Crippen LogP contribution >= 0.6 is 11.6 Å². The molecular weight excluding hydrogens is 244 g/mol. The molecule has 7 heteroatoms. The summed E-state index contributed by atoms with van der Waals surface area (Å²) in [7, 11) is 2.98. The molecule has 0 aromatic carbocycles. The molecule has 0 radical (unpaired) electrons. The molecule has 2 rings (SSSR count). The summed E-state index contributed by atoms with van der Waals surface area (Å²) in [5, 5.41) is 8.17. The molecule has 0 spiro atoms. The summed E-state index contributed by atoms with van der Waals surface area (Å²) < 4.78 is 10.0. The Labute approximate surface area is 103 Å². The van der Waals surface area contributed by atoms with Crippen molar-refractivity contribution >= 4 is 11.6 Å². The van der Waals surface area contributed by atoms with Crippen LogP contribution in [0, 0.1) is 0 Å². The first-order chi connectivity index (χ1) is 8.24. The van der Waals surface area contributed by atoms with Gasteiger partial charge in [-0.2, -0.15) is 15.2 Å². The van der Waals surface area contributed by atoms with E-state index in [1.165, 1.54) is 20.4 Å². The molecular formula is C10H9ClN4O2. The number of rotatable bonds is 3. The Kier molecular flexibility index (Phi) is 3.34. The van der Waals surface area contributed by atoms with Crippen molar-refractivity contribution in [3.8, 4) is 23.1 Å². The highest BCUT2D eigenvalue weighted by Gasteiger charge is 2.12. The zero-order valence-electron chi connectivity index (χ0n) is 9.22. The second kappa shape index (κ2) is 4.92. The molecule has 0 aliphatic carbocycles. The Morgan fingerprint density at radius 3 is 2.65 bits per heavy atom. The summed E-state index contributed by atoms with van der Waals surface area (Å²) in [5.74, 6) is 0.355. The molecule has 0 atom stereocenters. The fourth-order valence-corrected chi connectivity index (χ4v) is 1.40. The van der Waals surface area contributed by atoms with Crippen LogP contribution in [-0.2, 0) is 0 Å². The summed E-state index contributed by atoms with van der Waals surface area (Å²) in [4.78, 5) is 8.04. The van der Waals surface area contributed by atoms with Crippen LogP contribution in [0.3, 0.4) is 0 Å². The van der Waals surface area contributed by atoms with Gasteiger partial charge in [0.05, 0.1) is 31.0 Å². The van der Waals surface area contributed by atoms with Crippen molar-refractivity contribution in [1.82, 2.24) is 20.2 Å². The van der Waals surface area contributed by atoms with Crippen LogP contribution in [0.5, 0.6) is 11.9 Å². The van der Waals surface area contributed by atoms with Gasteiger partial charge in [0, 0.05) is 6.20 Å². The van der Waals surface area contributed by atoms with Gasteiger partial charge >= 0.3 is 6.01 Å². The lowest BCUT2D eigenvalue weighted by atomic mass is 10.2. The third-order valence-electron chi connectivity index (χ3n) is 2.00. The maximum Gasteiger partial charge on any atom is 0.319 e. The van der Waals surface area contributed by atoms with Crippen LogP contribution in [-0.4, -0.2) is 34.4 Å². The number of ether oxygens (including phenoxy) is 2. The lowest BCUT2D eigenvalue weighted by Crippen LogP contribution is -1.98. The summed E-state index contributed by atoms with van der Waals surface area (Å²) in [5.41, 5.74) is 1.14. The quantitative estimate of drug-likeness (QED) is 0.826. The van der Waals surface area contributed by atoms with Gasteiger partial charge in [-0.05, 0) is 6.07 Å². The lowest BCUT2D eigenvalue weighted by molar-refractivity contribution is 0.353. The zero-order chi connectivity index (χ0) is 12.3. The van der Waals surface area contributed by atoms with Crippen molar-refractivity contribution in [2.45, 2.75) is 0 Å². The van der Waals surface area contributed by atoms with Gasteiger partial charge < -0.3 is 9.47 Å². The number of hydrogen-bond donors (Lipinski definition) is 0. The van der Waals surface area contributed by atoms with E-state index in [0.717, 1.165) is 0 Å². The van der Waals surface area contributed by atoms with Crippen molar-refractivity contribution in [2.24, 2.45) is 0 Å². The second-order valence-corrected chi connectivity index (χ2v) is 3.48. The minimum atomic E-state index is 0.223. The molecule has 0 bridgehead atoms. The maximum atomic E-state index is 5.84.